The molecule has 0 spiro atoms. The van der Waals surface area contributed by atoms with E-state index in [9.17, 15) is 0 Å². The van der Waals surface area contributed by atoms with Crippen molar-refractivity contribution in [3.63, 3.8) is 0 Å². The third kappa shape index (κ3) is 3.70. The molecule has 2 fully saturated rings. The van der Waals surface area contributed by atoms with Gasteiger partial charge in [-0.2, -0.15) is 0 Å². The molecule has 110 valence electrons. The molecule has 1 atom stereocenters. The standard InChI is InChI=1S/C16H25N3O/c1-13-10-16(2-6-17-13)18-15-3-7-19(8-4-15)11-14-5-9-20-12-14/h2,6,10,14-15H,3-5,7-9,11-12H2,1H3,(H,17,18). The molecule has 0 saturated carbocycles. The summed E-state index contributed by atoms with van der Waals surface area (Å²) in [5.74, 6) is 0.766. The molecule has 20 heavy (non-hydrogen) atoms. The van der Waals surface area contributed by atoms with Gasteiger partial charge in [-0.25, -0.2) is 0 Å². The van der Waals surface area contributed by atoms with Gasteiger partial charge in [-0.3, -0.25) is 4.98 Å². The molecular weight excluding hydrogens is 250 g/mol. The van der Waals surface area contributed by atoms with Gasteiger partial charge in [-0.15, -0.1) is 0 Å². The highest BCUT2D eigenvalue weighted by Crippen LogP contribution is 2.20. The van der Waals surface area contributed by atoms with Gasteiger partial charge >= 0.3 is 0 Å². The molecule has 0 amide bonds. The van der Waals surface area contributed by atoms with Crippen molar-refractivity contribution in [1.82, 2.24) is 9.88 Å². The van der Waals surface area contributed by atoms with Crippen molar-refractivity contribution in [3.05, 3.63) is 24.0 Å². The second-order valence-electron chi connectivity index (χ2n) is 6.13. The number of aromatic nitrogens is 1. The average molecular weight is 275 g/mol. The Morgan fingerprint density at radius 3 is 2.90 bits per heavy atom. The lowest BCUT2D eigenvalue weighted by molar-refractivity contribution is 0.154. The predicted molar refractivity (Wildman–Crippen MR) is 81.0 cm³/mol. The van der Waals surface area contributed by atoms with E-state index < -0.39 is 0 Å². The number of pyridine rings is 1. The van der Waals surface area contributed by atoms with Crippen LogP contribution in [-0.2, 0) is 4.74 Å². The van der Waals surface area contributed by atoms with Crippen LogP contribution in [-0.4, -0.2) is 48.8 Å². The first kappa shape index (κ1) is 13.8. The largest absolute Gasteiger partial charge is 0.382 e. The van der Waals surface area contributed by atoms with Crippen molar-refractivity contribution in [2.75, 3.05) is 38.2 Å². The van der Waals surface area contributed by atoms with E-state index in [2.05, 4.69) is 27.3 Å². The number of anilines is 1. The summed E-state index contributed by atoms with van der Waals surface area (Å²) in [6.45, 7) is 7.60. The number of nitrogens with zero attached hydrogens (tertiary/aromatic N) is 2. The zero-order chi connectivity index (χ0) is 13.8. The van der Waals surface area contributed by atoms with E-state index in [-0.39, 0.29) is 0 Å². The summed E-state index contributed by atoms with van der Waals surface area (Å²) in [6, 6.07) is 4.80. The molecule has 2 aliphatic heterocycles. The van der Waals surface area contributed by atoms with E-state index in [4.69, 9.17) is 4.74 Å². The second-order valence-corrected chi connectivity index (χ2v) is 6.13. The monoisotopic (exact) mass is 275 g/mol. The number of likely N-dealkylation sites (tertiary alicyclic amines) is 1. The fourth-order valence-electron chi connectivity index (χ4n) is 3.22. The normalized spacial score (nSPS) is 24.9. The molecule has 3 rings (SSSR count). The Balaban J connectivity index is 1.43. The molecule has 1 aromatic rings. The molecule has 0 aliphatic carbocycles. The Bertz CT molecular complexity index is 423. The summed E-state index contributed by atoms with van der Waals surface area (Å²) >= 11 is 0. The quantitative estimate of drug-likeness (QED) is 0.915. The summed E-state index contributed by atoms with van der Waals surface area (Å²) in [6.07, 6.45) is 5.59. The second kappa shape index (κ2) is 6.55. The van der Waals surface area contributed by atoms with Gasteiger partial charge in [0.25, 0.3) is 0 Å². The van der Waals surface area contributed by atoms with Gasteiger partial charge < -0.3 is 15.0 Å². The number of aryl methyl sites for hydroxylation is 1. The van der Waals surface area contributed by atoms with E-state index in [1.165, 1.54) is 44.6 Å². The highest BCUT2D eigenvalue weighted by Gasteiger charge is 2.23. The number of hydrogen-bond acceptors (Lipinski definition) is 4. The Labute approximate surface area is 121 Å². The van der Waals surface area contributed by atoms with Crippen molar-refractivity contribution in [2.24, 2.45) is 5.92 Å². The molecule has 2 aliphatic rings. The maximum absolute atomic E-state index is 5.47. The molecule has 3 heterocycles. The molecule has 4 heteroatoms. The van der Waals surface area contributed by atoms with Crippen LogP contribution in [0.3, 0.4) is 0 Å². The summed E-state index contributed by atoms with van der Waals surface area (Å²) in [5.41, 5.74) is 2.29. The first-order valence-corrected chi connectivity index (χ1v) is 7.79. The zero-order valence-corrected chi connectivity index (χ0v) is 12.3. The van der Waals surface area contributed by atoms with Gasteiger partial charge in [-0.05, 0) is 44.2 Å². The maximum atomic E-state index is 5.47. The lowest BCUT2D eigenvalue weighted by Gasteiger charge is -2.34. The van der Waals surface area contributed by atoms with E-state index in [1.807, 2.05) is 13.1 Å². The third-order valence-corrected chi connectivity index (χ3v) is 4.40. The summed E-state index contributed by atoms with van der Waals surface area (Å²) in [7, 11) is 0. The Kier molecular flexibility index (Phi) is 4.53. The van der Waals surface area contributed by atoms with Gasteiger partial charge in [0.05, 0.1) is 6.61 Å². The zero-order valence-electron chi connectivity index (χ0n) is 12.3. The minimum Gasteiger partial charge on any atom is -0.382 e. The van der Waals surface area contributed by atoms with Crippen molar-refractivity contribution in [3.8, 4) is 0 Å². The number of ether oxygens (including phenoxy) is 1. The minimum absolute atomic E-state index is 0.605. The number of hydrogen-bond donors (Lipinski definition) is 1. The summed E-state index contributed by atoms with van der Waals surface area (Å²) in [4.78, 5) is 6.85. The van der Waals surface area contributed by atoms with Crippen LogP contribution in [0, 0.1) is 12.8 Å². The molecule has 0 radical (unpaired) electrons. The van der Waals surface area contributed by atoms with Gasteiger partial charge in [0.2, 0.25) is 0 Å². The topological polar surface area (TPSA) is 37.4 Å². The van der Waals surface area contributed by atoms with Gasteiger partial charge in [-0.1, -0.05) is 0 Å². The first-order valence-electron chi connectivity index (χ1n) is 7.79. The van der Waals surface area contributed by atoms with Crippen molar-refractivity contribution >= 4 is 5.69 Å². The van der Waals surface area contributed by atoms with Gasteiger partial charge in [0, 0.05) is 49.9 Å². The first-order chi connectivity index (χ1) is 9.79. The molecule has 1 N–H and O–H groups in total. The van der Waals surface area contributed by atoms with Crippen molar-refractivity contribution in [2.45, 2.75) is 32.2 Å². The molecule has 0 aromatic carbocycles. The van der Waals surface area contributed by atoms with Crippen LogP contribution in [0.1, 0.15) is 25.0 Å². The fourth-order valence-corrected chi connectivity index (χ4v) is 3.22. The van der Waals surface area contributed by atoms with E-state index in [1.54, 1.807) is 0 Å². The Hall–Kier alpha value is -1.13. The molecule has 2 saturated heterocycles. The molecule has 1 unspecified atom stereocenters. The highest BCUT2D eigenvalue weighted by atomic mass is 16.5. The Morgan fingerprint density at radius 1 is 1.35 bits per heavy atom. The van der Waals surface area contributed by atoms with Gasteiger partial charge in [0.1, 0.15) is 0 Å². The van der Waals surface area contributed by atoms with Crippen LogP contribution < -0.4 is 5.32 Å². The molecule has 1 aromatic heterocycles. The van der Waals surface area contributed by atoms with E-state index in [0.717, 1.165) is 24.8 Å². The lowest BCUT2D eigenvalue weighted by atomic mass is 10.0. The van der Waals surface area contributed by atoms with Crippen LogP contribution in [0.25, 0.3) is 0 Å². The van der Waals surface area contributed by atoms with Crippen molar-refractivity contribution in [1.29, 1.82) is 0 Å². The minimum atomic E-state index is 0.605. The van der Waals surface area contributed by atoms with E-state index >= 15 is 0 Å². The maximum Gasteiger partial charge on any atom is 0.0507 e. The van der Waals surface area contributed by atoms with Crippen molar-refractivity contribution < 1.29 is 4.74 Å². The molecular formula is C16H25N3O. The third-order valence-electron chi connectivity index (χ3n) is 4.40. The Morgan fingerprint density at radius 2 is 2.20 bits per heavy atom. The molecule has 4 nitrogen and oxygen atoms in total. The highest BCUT2D eigenvalue weighted by molar-refractivity contribution is 5.43. The average Bonchev–Trinajstić information content (AvgIpc) is 2.94. The van der Waals surface area contributed by atoms with Crippen LogP contribution in [0.15, 0.2) is 18.3 Å². The summed E-state index contributed by atoms with van der Waals surface area (Å²) in [5, 5.41) is 3.64. The van der Waals surface area contributed by atoms with Crippen LogP contribution >= 0.6 is 0 Å². The van der Waals surface area contributed by atoms with Crippen LogP contribution in [0.4, 0.5) is 5.69 Å². The number of piperidine rings is 1. The molecule has 0 bridgehead atoms. The van der Waals surface area contributed by atoms with Crippen LogP contribution in [0.2, 0.25) is 0 Å². The van der Waals surface area contributed by atoms with E-state index in [0.29, 0.717) is 6.04 Å². The fraction of sp³-hybridized carbons (Fsp3) is 0.688. The van der Waals surface area contributed by atoms with Gasteiger partial charge in [0.15, 0.2) is 0 Å². The van der Waals surface area contributed by atoms with Crippen LogP contribution in [0.5, 0.6) is 0 Å². The number of nitrogens with one attached hydrogen (secondary N) is 1. The lowest BCUT2D eigenvalue weighted by Crippen LogP contribution is -2.41. The smallest absolute Gasteiger partial charge is 0.0507 e. The summed E-state index contributed by atoms with van der Waals surface area (Å²) < 4.78 is 5.47. The SMILES string of the molecule is Cc1cc(NC2CCN(CC3CCOC3)CC2)ccn1. The number of rotatable bonds is 4. The predicted octanol–water partition coefficient (Wildman–Crippen LogP) is 2.30.